The lowest BCUT2D eigenvalue weighted by molar-refractivity contribution is -0.131. The number of amides is 2. The normalized spacial score (nSPS) is 14.5. The van der Waals surface area contributed by atoms with E-state index >= 15 is 0 Å². The molecule has 4 nitrogen and oxygen atoms in total. The van der Waals surface area contributed by atoms with Crippen LogP contribution in [-0.2, 0) is 11.2 Å². The van der Waals surface area contributed by atoms with Gasteiger partial charge < -0.3 is 9.80 Å². The smallest absolute Gasteiger partial charge is 0.253 e. The Hall–Kier alpha value is -2.40. The summed E-state index contributed by atoms with van der Waals surface area (Å²) in [6, 6.07) is 12.7. The van der Waals surface area contributed by atoms with Crippen LogP contribution < -0.4 is 0 Å². The van der Waals surface area contributed by atoms with E-state index in [0.717, 1.165) is 5.56 Å². The van der Waals surface area contributed by atoms with Gasteiger partial charge in [-0.1, -0.05) is 23.7 Å². The van der Waals surface area contributed by atoms with Gasteiger partial charge in [0.15, 0.2) is 0 Å². The standard InChI is InChI=1S/C19H18ClFN2O2/c20-16-5-1-14(2-6-16)13-18(24)22-9-11-23(12-10-22)19(25)15-3-7-17(21)8-4-15/h1-8H,9-13H2. The van der Waals surface area contributed by atoms with E-state index in [0.29, 0.717) is 43.2 Å². The maximum absolute atomic E-state index is 13.0. The molecule has 6 heteroatoms. The molecular formula is C19H18ClFN2O2. The molecule has 0 unspecified atom stereocenters. The third-order valence-electron chi connectivity index (χ3n) is 4.28. The minimum atomic E-state index is -0.367. The van der Waals surface area contributed by atoms with Gasteiger partial charge in [-0.15, -0.1) is 0 Å². The maximum atomic E-state index is 13.0. The average molecular weight is 361 g/mol. The van der Waals surface area contributed by atoms with Crippen molar-refractivity contribution in [1.82, 2.24) is 9.80 Å². The molecule has 0 aliphatic carbocycles. The summed E-state index contributed by atoms with van der Waals surface area (Å²) in [4.78, 5) is 28.2. The molecule has 0 spiro atoms. The number of piperazine rings is 1. The number of carbonyl (C=O) groups excluding carboxylic acids is 2. The number of carbonyl (C=O) groups is 2. The van der Waals surface area contributed by atoms with Crippen molar-refractivity contribution in [3.63, 3.8) is 0 Å². The van der Waals surface area contributed by atoms with Gasteiger partial charge in [-0.3, -0.25) is 9.59 Å². The van der Waals surface area contributed by atoms with Crippen LogP contribution in [0.1, 0.15) is 15.9 Å². The summed E-state index contributed by atoms with van der Waals surface area (Å²) in [5.41, 5.74) is 1.38. The second kappa shape index (κ2) is 7.66. The second-order valence-electron chi connectivity index (χ2n) is 5.98. The second-order valence-corrected chi connectivity index (χ2v) is 6.42. The molecule has 1 aliphatic heterocycles. The summed E-state index contributed by atoms with van der Waals surface area (Å²) >= 11 is 5.85. The van der Waals surface area contributed by atoms with Gasteiger partial charge in [0, 0.05) is 36.8 Å². The Balaban J connectivity index is 1.54. The molecule has 1 aliphatic rings. The van der Waals surface area contributed by atoms with Crippen LogP contribution in [0.15, 0.2) is 48.5 Å². The van der Waals surface area contributed by atoms with Gasteiger partial charge >= 0.3 is 0 Å². The van der Waals surface area contributed by atoms with Crippen LogP contribution in [0, 0.1) is 5.82 Å². The Morgan fingerprint density at radius 1 is 0.880 bits per heavy atom. The van der Waals surface area contributed by atoms with E-state index in [4.69, 9.17) is 11.6 Å². The van der Waals surface area contributed by atoms with Gasteiger partial charge in [-0.25, -0.2) is 4.39 Å². The molecule has 2 aromatic carbocycles. The number of rotatable bonds is 3. The van der Waals surface area contributed by atoms with Crippen molar-refractivity contribution in [3.05, 3.63) is 70.5 Å². The van der Waals surface area contributed by atoms with Crippen LogP contribution in [0.5, 0.6) is 0 Å². The first-order valence-corrected chi connectivity index (χ1v) is 8.48. The molecule has 0 saturated carbocycles. The first-order chi connectivity index (χ1) is 12.0. The van der Waals surface area contributed by atoms with Gasteiger partial charge in [0.25, 0.3) is 5.91 Å². The molecule has 1 fully saturated rings. The third-order valence-corrected chi connectivity index (χ3v) is 4.53. The summed E-state index contributed by atoms with van der Waals surface area (Å²) in [7, 11) is 0. The lowest BCUT2D eigenvalue weighted by Gasteiger charge is -2.35. The molecule has 0 aromatic heterocycles. The van der Waals surface area contributed by atoms with Crippen LogP contribution in [-0.4, -0.2) is 47.8 Å². The largest absolute Gasteiger partial charge is 0.339 e. The monoisotopic (exact) mass is 360 g/mol. The Morgan fingerprint density at radius 2 is 1.44 bits per heavy atom. The predicted octanol–water partition coefficient (Wildman–Crippen LogP) is 3.01. The van der Waals surface area contributed by atoms with E-state index in [2.05, 4.69) is 0 Å². The fourth-order valence-corrected chi connectivity index (χ4v) is 2.95. The fraction of sp³-hybridized carbons (Fsp3) is 0.263. The van der Waals surface area contributed by atoms with Crippen molar-refractivity contribution in [3.8, 4) is 0 Å². The summed E-state index contributed by atoms with van der Waals surface area (Å²) in [5, 5.41) is 0.643. The Morgan fingerprint density at radius 3 is 2.04 bits per heavy atom. The zero-order chi connectivity index (χ0) is 17.8. The van der Waals surface area contributed by atoms with Crippen LogP contribution in [0.3, 0.4) is 0 Å². The van der Waals surface area contributed by atoms with Crippen LogP contribution in [0.25, 0.3) is 0 Å². The highest BCUT2D eigenvalue weighted by Crippen LogP contribution is 2.13. The number of hydrogen-bond donors (Lipinski definition) is 0. The Labute approximate surface area is 150 Å². The van der Waals surface area contributed by atoms with E-state index in [-0.39, 0.29) is 17.6 Å². The summed E-state index contributed by atoms with van der Waals surface area (Å²) < 4.78 is 13.0. The Bertz CT molecular complexity index is 754. The molecule has 0 N–H and O–H groups in total. The number of halogens is 2. The van der Waals surface area contributed by atoms with E-state index in [1.807, 2.05) is 12.1 Å². The van der Waals surface area contributed by atoms with Crippen molar-refractivity contribution in [2.75, 3.05) is 26.2 Å². The molecule has 0 radical (unpaired) electrons. The quantitative estimate of drug-likeness (QED) is 0.844. The van der Waals surface area contributed by atoms with E-state index in [1.165, 1.54) is 24.3 Å². The first-order valence-electron chi connectivity index (χ1n) is 8.10. The SMILES string of the molecule is O=C(Cc1ccc(Cl)cc1)N1CCN(C(=O)c2ccc(F)cc2)CC1. The lowest BCUT2D eigenvalue weighted by Crippen LogP contribution is -2.51. The summed E-state index contributed by atoms with van der Waals surface area (Å²) in [6.07, 6.45) is 0.322. The Kier molecular flexibility index (Phi) is 5.34. The molecule has 0 bridgehead atoms. The third kappa shape index (κ3) is 4.37. The molecule has 2 aromatic rings. The van der Waals surface area contributed by atoms with Gasteiger partial charge in [-0.2, -0.15) is 0 Å². The number of nitrogens with zero attached hydrogens (tertiary/aromatic N) is 2. The molecule has 3 rings (SSSR count). The molecule has 2 amide bonds. The molecule has 1 heterocycles. The fourth-order valence-electron chi connectivity index (χ4n) is 2.82. The van der Waals surface area contributed by atoms with Crippen molar-refractivity contribution in [1.29, 1.82) is 0 Å². The number of hydrogen-bond acceptors (Lipinski definition) is 2. The first kappa shape index (κ1) is 17.4. The lowest BCUT2D eigenvalue weighted by atomic mass is 10.1. The molecule has 130 valence electrons. The van der Waals surface area contributed by atoms with E-state index in [1.54, 1.807) is 21.9 Å². The van der Waals surface area contributed by atoms with Gasteiger partial charge in [0.05, 0.1) is 6.42 Å². The predicted molar refractivity (Wildman–Crippen MR) is 94.0 cm³/mol. The zero-order valence-electron chi connectivity index (χ0n) is 13.6. The zero-order valence-corrected chi connectivity index (χ0v) is 14.4. The van der Waals surface area contributed by atoms with Gasteiger partial charge in [0.1, 0.15) is 5.82 Å². The summed E-state index contributed by atoms with van der Waals surface area (Å²) in [6.45, 7) is 1.95. The van der Waals surface area contributed by atoms with Gasteiger partial charge in [0.2, 0.25) is 5.91 Å². The van der Waals surface area contributed by atoms with E-state index in [9.17, 15) is 14.0 Å². The topological polar surface area (TPSA) is 40.6 Å². The van der Waals surface area contributed by atoms with Crippen molar-refractivity contribution in [2.24, 2.45) is 0 Å². The highest BCUT2D eigenvalue weighted by Gasteiger charge is 2.24. The van der Waals surface area contributed by atoms with Crippen LogP contribution in [0.4, 0.5) is 4.39 Å². The molecular weight excluding hydrogens is 343 g/mol. The average Bonchev–Trinajstić information content (AvgIpc) is 2.64. The molecule has 1 saturated heterocycles. The van der Waals surface area contributed by atoms with Crippen LogP contribution in [0.2, 0.25) is 5.02 Å². The van der Waals surface area contributed by atoms with E-state index < -0.39 is 0 Å². The number of benzene rings is 2. The molecule has 0 atom stereocenters. The highest BCUT2D eigenvalue weighted by atomic mass is 35.5. The van der Waals surface area contributed by atoms with Crippen molar-refractivity contribution >= 4 is 23.4 Å². The highest BCUT2D eigenvalue weighted by molar-refractivity contribution is 6.30. The van der Waals surface area contributed by atoms with Gasteiger partial charge in [-0.05, 0) is 42.0 Å². The molecule has 25 heavy (non-hydrogen) atoms. The minimum absolute atomic E-state index is 0.0382. The van der Waals surface area contributed by atoms with Crippen molar-refractivity contribution < 1.29 is 14.0 Å². The minimum Gasteiger partial charge on any atom is -0.339 e. The van der Waals surface area contributed by atoms with Crippen molar-refractivity contribution in [2.45, 2.75) is 6.42 Å². The van der Waals surface area contributed by atoms with Crippen LogP contribution >= 0.6 is 11.6 Å². The summed E-state index contributed by atoms with van der Waals surface area (Å²) in [5.74, 6) is -0.463. The maximum Gasteiger partial charge on any atom is 0.253 e.